The standard InChI is InChI=1S/C11H22O2/c1-3-5-6-7-8-11(12)10-13-9-4-2/h3-10H2,1-2H3. The van der Waals surface area contributed by atoms with E-state index in [4.69, 9.17) is 4.74 Å². The van der Waals surface area contributed by atoms with Crippen LogP contribution in [0.3, 0.4) is 0 Å². The molecule has 78 valence electrons. The van der Waals surface area contributed by atoms with E-state index < -0.39 is 0 Å². The normalized spacial score (nSPS) is 10.3. The van der Waals surface area contributed by atoms with E-state index in [1.807, 2.05) is 6.92 Å². The third-order valence-electron chi connectivity index (χ3n) is 1.92. The van der Waals surface area contributed by atoms with Crippen LogP contribution in [0.25, 0.3) is 0 Å². The molecule has 0 spiro atoms. The van der Waals surface area contributed by atoms with Gasteiger partial charge in [-0.15, -0.1) is 0 Å². The Hall–Kier alpha value is -0.370. The molecule has 0 aliphatic rings. The molecule has 0 unspecified atom stereocenters. The minimum atomic E-state index is 0.254. The summed E-state index contributed by atoms with van der Waals surface area (Å²) in [5.41, 5.74) is 0. The summed E-state index contributed by atoms with van der Waals surface area (Å²) in [6.45, 7) is 5.25. The van der Waals surface area contributed by atoms with Crippen LogP contribution >= 0.6 is 0 Å². The van der Waals surface area contributed by atoms with Crippen molar-refractivity contribution in [3.05, 3.63) is 0 Å². The number of hydrogen-bond acceptors (Lipinski definition) is 2. The van der Waals surface area contributed by atoms with Crippen LogP contribution in [0, 0.1) is 0 Å². The van der Waals surface area contributed by atoms with Crippen LogP contribution in [0.2, 0.25) is 0 Å². The molecular formula is C11H22O2. The van der Waals surface area contributed by atoms with Crippen molar-refractivity contribution in [2.75, 3.05) is 13.2 Å². The smallest absolute Gasteiger partial charge is 0.158 e. The summed E-state index contributed by atoms with van der Waals surface area (Å²) in [5, 5.41) is 0. The fourth-order valence-electron chi connectivity index (χ4n) is 1.15. The van der Waals surface area contributed by atoms with Gasteiger partial charge in [0.15, 0.2) is 5.78 Å². The highest BCUT2D eigenvalue weighted by Crippen LogP contribution is 2.02. The molecule has 0 saturated heterocycles. The summed E-state index contributed by atoms with van der Waals surface area (Å²) >= 11 is 0. The van der Waals surface area contributed by atoms with Gasteiger partial charge in [0.05, 0.1) is 0 Å². The van der Waals surface area contributed by atoms with Gasteiger partial charge in [0.1, 0.15) is 6.61 Å². The van der Waals surface area contributed by atoms with Crippen molar-refractivity contribution >= 4 is 5.78 Å². The Kier molecular flexibility index (Phi) is 9.44. The van der Waals surface area contributed by atoms with Gasteiger partial charge < -0.3 is 4.74 Å². The maximum absolute atomic E-state index is 11.2. The molecule has 0 atom stereocenters. The lowest BCUT2D eigenvalue weighted by Crippen LogP contribution is -2.08. The average molecular weight is 186 g/mol. The van der Waals surface area contributed by atoms with Crippen LogP contribution in [0.1, 0.15) is 52.4 Å². The van der Waals surface area contributed by atoms with E-state index in [0.29, 0.717) is 19.6 Å². The second kappa shape index (κ2) is 9.72. The first-order chi connectivity index (χ1) is 6.31. The second-order valence-corrected chi connectivity index (χ2v) is 3.40. The number of ketones is 1. The lowest BCUT2D eigenvalue weighted by Gasteiger charge is -2.01. The summed E-state index contributed by atoms with van der Waals surface area (Å²) in [6.07, 6.45) is 6.36. The number of unbranched alkanes of at least 4 members (excludes halogenated alkanes) is 3. The Morgan fingerprint density at radius 2 is 1.85 bits per heavy atom. The molecule has 0 aromatic carbocycles. The second-order valence-electron chi connectivity index (χ2n) is 3.40. The Balaban J connectivity index is 3.11. The van der Waals surface area contributed by atoms with Crippen molar-refractivity contribution in [2.45, 2.75) is 52.4 Å². The van der Waals surface area contributed by atoms with Crippen molar-refractivity contribution < 1.29 is 9.53 Å². The largest absolute Gasteiger partial charge is 0.374 e. The highest BCUT2D eigenvalue weighted by atomic mass is 16.5. The highest BCUT2D eigenvalue weighted by Gasteiger charge is 2.00. The zero-order chi connectivity index (χ0) is 9.94. The van der Waals surface area contributed by atoms with Crippen LogP contribution in [-0.2, 0) is 9.53 Å². The van der Waals surface area contributed by atoms with Gasteiger partial charge >= 0.3 is 0 Å². The molecule has 2 heteroatoms. The molecule has 0 heterocycles. The van der Waals surface area contributed by atoms with Gasteiger partial charge in [0, 0.05) is 13.0 Å². The molecule has 0 aliphatic heterocycles. The molecule has 0 N–H and O–H groups in total. The van der Waals surface area contributed by atoms with Crippen LogP contribution in [0.5, 0.6) is 0 Å². The Bertz CT molecular complexity index is 121. The molecule has 0 aliphatic carbocycles. The van der Waals surface area contributed by atoms with Gasteiger partial charge in [0.2, 0.25) is 0 Å². The molecule has 0 rings (SSSR count). The summed E-state index contributed by atoms with van der Waals surface area (Å²) in [4.78, 5) is 11.2. The molecule has 0 radical (unpaired) electrons. The zero-order valence-corrected chi connectivity index (χ0v) is 8.97. The molecule has 0 saturated carbocycles. The third-order valence-corrected chi connectivity index (χ3v) is 1.92. The van der Waals surface area contributed by atoms with E-state index in [-0.39, 0.29) is 5.78 Å². The Morgan fingerprint density at radius 1 is 1.08 bits per heavy atom. The fourth-order valence-corrected chi connectivity index (χ4v) is 1.15. The molecule has 0 bridgehead atoms. The summed E-state index contributed by atoms with van der Waals surface area (Å²) in [5.74, 6) is 0.254. The quantitative estimate of drug-likeness (QED) is 0.517. The van der Waals surface area contributed by atoms with E-state index >= 15 is 0 Å². The minimum Gasteiger partial charge on any atom is -0.374 e. The van der Waals surface area contributed by atoms with Crippen molar-refractivity contribution in [3.63, 3.8) is 0 Å². The summed E-state index contributed by atoms with van der Waals surface area (Å²) in [7, 11) is 0. The molecule has 13 heavy (non-hydrogen) atoms. The van der Waals surface area contributed by atoms with E-state index in [1.54, 1.807) is 0 Å². The number of Topliss-reactive ketones (excluding diaryl/α,β-unsaturated/α-hetero) is 1. The van der Waals surface area contributed by atoms with Gasteiger partial charge in [-0.2, -0.15) is 0 Å². The van der Waals surface area contributed by atoms with Gasteiger partial charge in [0.25, 0.3) is 0 Å². The Labute approximate surface area is 81.7 Å². The topological polar surface area (TPSA) is 26.3 Å². The van der Waals surface area contributed by atoms with E-state index in [2.05, 4.69) is 6.92 Å². The molecular weight excluding hydrogens is 164 g/mol. The van der Waals surface area contributed by atoms with E-state index in [9.17, 15) is 4.79 Å². The lowest BCUT2D eigenvalue weighted by molar-refractivity contribution is -0.123. The van der Waals surface area contributed by atoms with Crippen molar-refractivity contribution in [1.29, 1.82) is 0 Å². The van der Waals surface area contributed by atoms with Crippen molar-refractivity contribution in [2.24, 2.45) is 0 Å². The molecule has 0 amide bonds. The van der Waals surface area contributed by atoms with E-state index in [1.165, 1.54) is 19.3 Å². The van der Waals surface area contributed by atoms with Gasteiger partial charge in [-0.1, -0.05) is 33.1 Å². The first kappa shape index (κ1) is 12.6. The summed E-state index contributed by atoms with van der Waals surface area (Å²) in [6, 6.07) is 0. The first-order valence-corrected chi connectivity index (χ1v) is 5.40. The molecule has 0 aromatic heterocycles. The SMILES string of the molecule is CCCCCCC(=O)COCCC. The Morgan fingerprint density at radius 3 is 2.46 bits per heavy atom. The third kappa shape index (κ3) is 9.54. The van der Waals surface area contributed by atoms with Gasteiger partial charge in [-0.25, -0.2) is 0 Å². The van der Waals surface area contributed by atoms with Crippen molar-refractivity contribution in [3.8, 4) is 0 Å². The number of carbonyl (C=O) groups excluding carboxylic acids is 1. The van der Waals surface area contributed by atoms with Crippen molar-refractivity contribution in [1.82, 2.24) is 0 Å². The average Bonchev–Trinajstić information content (AvgIpc) is 2.13. The number of hydrogen-bond donors (Lipinski definition) is 0. The number of ether oxygens (including phenoxy) is 1. The lowest BCUT2D eigenvalue weighted by atomic mass is 10.1. The van der Waals surface area contributed by atoms with E-state index in [0.717, 1.165) is 12.8 Å². The first-order valence-electron chi connectivity index (χ1n) is 5.40. The van der Waals surface area contributed by atoms with Crippen LogP contribution in [-0.4, -0.2) is 19.0 Å². The summed E-state index contributed by atoms with van der Waals surface area (Å²) < 4.78 is 5.15. The predicted octanol–water partition coefficient (Wildman–Crippen LogP) is 2.95. The molecule has 0 fully saturated rings. The van der Waals surface area contributed by atoms with Crippen LogP contribution in [0.4, 0.5) is 0 Å². The fraction of sp³-hybridized carbons (Fsp3) is 0.909. The van der Waals surface area contributed by atoms with Gasteiger partial charge in [-0.05, 0) is 12.8 Å². The molecule has 2 nitrogen and oxygen atoms in total. The monoisotopic (exact) mass is 186 g/mol. The minimum absolute atomic E-state index is 0.254. The molecule has 0 aromatic rings. The maximum atomic E-state index is 11.2. The zero-order valence-electron chi connectivity index (χ0n) is 8.97. The van der Waals surface area contributed by atoms with Crippen LogP contribution in [0.15, 0.2) is 0 Å². The van der Waals surface area contributed by atoms with Gasteiger partial charge in [-0.3, -0.25) is 4.79 Å². The predicted molar refractivity (Wildman–Crippen MR) is 54.9 cm³/mol. The number of carbonyl (C=O) groups is 1. The van der Waals surface area contributed by atoms with Crippen LogP contribution < -0.4 is 0 Å². The maximum Gasteiger partial charge on any atom is 0.158 e. The number of rotatable bonds is 9. The highest BCUT2D eigenvalue weighted by molar-refractivity contribution is 5.79.